The predicted molar refractivity (Wildman–Crippen MR) is 95.8 cm³/mol. The summed E-state index contributed by atoms with van der Waals surface area (Å²) in [5.74, 6) is -0.928. The van der Waals surface area contributed by atoms with Crippen LogP contribution in [0.3, 0.4) is 0 Å². The minimum atomic E-state index is -0.667. The van der Waals surface area contributed by atoms with Gasteiger partial charge in [-0.15, -0.1) is 0 Å². The molecule has 1 fully saturated rings. The van der Waals surface area contributed by atoms with Crippen molar-refractivity contribution in [2.75, 3.05) is 6.61 Å². The fourth-order valence-corrected chi connectivity index (χ4v) is 3.45. The van der Waals surface area contributed by atoms with Crippen LogP contribution in [0.5, 0.6) is 0 Å². The maximum absolute atomic E-state index is 12.4. The van der Waals surface area contributed by atoms with Crippen LogP contribution in [0.2, 0.25) is 0 Å². The molecule has 0 aliphatic heterocycles. The van der Waals surface area contributed by atoms with Crippen LogP contribution in [0.1, 0.15) is 52.0 Å². The number of Topliss-reactive ketones (excluding diaryl/α,β-unsaturated/α-hetero) is 1. The Balaban J connectivity index is 1.63. The van der Waals surface area contributed by atoms with Gasteiger partial charge in [-0.2, -0.15) is 5.10 Å². The lowest BCUT2D eigenvalue weighted by molar-refractivity contribution is -0.386. The van der Waals surface area contributed by atoms with Gasteiger partial charge in [0.1, 0.15) is 17.9 Å². The summed E-state index contributed by atoms with van der Waals surface area (Å²) in [6, 6.07) is 2.30. The Hall–Kier alpha value is -2.97. The summed E-state index contributed by atoms with van der Waals surface area (Å²) < 4.78 is 8.46. The molecular formula is C18H22N4O5. The van der Waals surface area contributed by atoms with Crippen LogP contribution >= 0.6 is 0 Å². The van der Waals surface area contributed by atoms with E-state index in [0.29, 0.717) is 11.6 Å². The summed E-state index contributed by atoms with van der Waals surface area (Å²) in [5, 5.41) is 15.0. The number of hydrogen-bond acceptors (Lipinski definition) is 6. The number of aromatic nitrogens is 3. The minimum Gasteiger partial charge on any atom is -0.456 e. The Kier molecular flexibility index (Phi) is 4.86. The maximum Gasteiger partial charge on any atom is 0.328 e. The third-order valence-corrected chi connectivity index (χ3v) is 4.87. The molecule has 0 N–H and O–H groups in total. The SMILES string of the molecule is Cc1nn(CC(=O)OCC(=O)c2cc(C)n(C3CC3)c2C)c(C)c1[N+](=O)[O-]. The number of aryl methyl sites for hydroxylation is 2. The van der Waals surface area contributed by atoms with E-state index < -0.39 is 10.9 Å². The van der Waals surface area contributed by atoms with Crippen molar-refractivity contribution in [2.45, 2.75) is 53.1 Å². The molecule has 2 heterocycles. The summed E-state index contributed by atoms with van der Waals surface area (Å²) in [4.78, 5) is 35.0. The van der Waals surface area contributed by atoms with Crippen molar-refractivity contribution < 1.29 is 19.2 Å². The summed E-state index contributed by atoms with van der Waals surface area (Å²) >= 11 is 0. The van der Waals surface area contributed by atoms with Crippen molar-refractivity contribution in [1.82, 2.24) is 14.3 Å². The number of carbonyl (C=O) groups excluding carboxylic acids is 2. The van der Waals surface area contributed by atoms with E-state index in [1.807, 2.05) is 19.9 Å². The topological polar surface area (TPSA) is 109 Å². The molecule has 0 bridgehead atoms. The van der Waals surface area contributed by atoms with E-state index >= 15 is 0 Å². The van der Waals surface area contributed by atoms with E-state index in [4.69, 9.17) is 4.74 Å². The summed E-state index contributed by atoms with van der Waals surface area (Å²) in [6.45, 7) is 6.23. The van der Waals surface area contributed by atoms with Crippen LogP contribution in [-0.4, -0.2) is 37.6 Å². The molecule has 0 saturated heterocycles. The third kappa shape index (κ3) is 3.62. The van der Waals surface area contributed by atoms with Crippen molar-refractivity contribution in [1.29, 1.82) is 0 Å². The zero-order chi connectivity index (χ0) is 19.9. The summed E-state index contributed by atoms with van der Waals surface area (Å²) in [6.07, 6.45) is 2.24. The van der Waals surface area contributed by atoms with Gasteiger partial charge in [0.25, 0.3) is 0 Å². The van der Waals surface area contributed by atoms with Gasteiger partial charge in [-0.25, -0.2) is 0 Å². The highest BCUT2D eigenvalue weighted by Gasteiger charge is 2.28. The van der Waals surface area contributed by atoms with Crippen LogP contribution in [0, 0.1) is 37.8 Å². The molecule has 1 saturated carbocycles. The molecular weight excluding hydrogens is 352 g/mol. The average Bonchev–Trinajstić information content (AvgIpc) is 3.31. The molecule has 2 aromatic heterocycles. The fourth-order valence-electron chi connectivity index (χ4n) is 3.45. The van der Waals surface area contributed by atoms with Gasteiger partial charge >= 0.3 is 11.7 Å². The number of carbonyl (C=O) groups is 2. The molecule has 9 nitrogen and oxygen atoms in total. The predicted octanol–water partition coefficient (Wildman–Crippen LogP) is 2.59. The van der Waals surface area contributed by atoms with Gasteiger partial charge in [0.15, 0.2) is 6.61 Å². The van der Waals surface area contributed by atoms with Crippen molar-refractivity contribution in [3.63, 3.8) is 0 Å². The van der Waals surface area contributed by atoms with Gasteiger partial charge in [0, 0.05) is 23.0 Å². The van der Waals surface area contributed by atoms with E-state index in [1.54, 1.807) is 0 Å². The Bertz CT molecular complexity index is 936. The highest BCUT2D eigenvalue weighted by molar-refractivity contribution is 5.99. The molecule has 0 amide bonds. The molecule has 0 unspecified atom stereocenters. The van der Waals surface area contributed by atoms with Crippen LogP contribution in [0.15, 0.2) is 6.07 Å². The molecule has 144 valence electrons. The monoisotopic (exact) mass is 374 g/mol. The molecule has 0 radical (unpaired) electrons. The molecule has 0 aromatic carbocycles. The quantitative estimate of drug-likeness (QED) is 0.319. The lowest BCUT2D eigenvalue weighted by atomic mass is 10.1. The number of ketones is 1. The van der Waals surface area contributed by atoms with Crippen molar-refractivity contribution >= 4 is 17.4 Å². The van der Waals surface area contributed by atoms with E-state index in [-0.39, 0.29) is 36.0 Å². The normalized spacial score (nSPS) is 13.6. The Morgan fingerprint density at radius 3 is 2.48 bits per heavy atom. The number of hydrogen-bond donors (Lipinski definition) is 0. The highest BCUT2D eigenvalue weighted by Crippen LogP contribution is 2.38. The lowest BCUT2D eigenvalue weighted by Crippen LogP contribution is -2.20. The summed E-state index contributed by atoms with van der Waals surface area (Å²) in [7, 11) is 0. The van der Waals surface area contributed by atoms with Gasteiger partial charge in [-0.3, -0.25) is 24.4 Å². The standard InChI is InChI=1S/C18H22N4O5/c1-10-7-15(12(3)21(10)14-5-6-14)16(23)9-27-17(24)8-20-13(4)18(22(25)26)11(2)19-20/h7,14H,5-6,8-9H2,1-4H3. The number of ether oxygens (including phenoxy) is 1. The van der Waals surface area contributed by atoms with Crippen molar-refractivity contribution in [3.05, 3.63) is 44.5 Å². The van der Waals surface area contributed by atoms with Crippen LogP contribution in [-0.2, 0) is 16.1 Å². The Morgan fingerprint density at radius 2 is 1.93 bits per heavy atom. The maximum atomic E-state index is 12.4. The molecule has 0 spiro atoms. The van der Waals surface area contributed by atoms with E-state index in [0.717, 1.165) is 24.2 Å². The van der Waals surface area contributed by atoms with Crippen molar-refractivity contribution in [3.8, 4) is 0 Å². The third-order valence-electron chi connectivity index (χ3n) is 4.87. The molecule has 0 atom stereocenters. The van der Waals surface area contributed by atoms with Gasteiger partial charge in [-0.05, 0) is 46.6 Å². The average molecular weight is 374 g/mol. The first-order valence-corrected chi connectivity index (χ1v) is 8.76. The van der Waals surface area contributed by atoms with E-state index in [9.17, 15) is 19.7 Å². The molecule has 9 heteroatoms. The minimum absolute atomic E-state index is 0.119. The second kappa shape index (κ2) is 6.98. The number of nitrogens with zero attached hydrogens (tertiary/aromatic N) is 4. The smallest absolute Gasteiger partial charge is 0.328 e. The molecule has 1 aliphatic carbocycles. The number of rotatable bonds is 7. The van der Waals surface area contributed by atoms with Crippen LogP contribution in [0.25, 0.3) is 0 Å². The highest BCUT2D eigenvalue weighted by atomic mass is 16.6. The molecule has 2 aromatic rings. The van der Waals surface area contributed by atoms with Crippen LogP contribution < -0.4 is 0 Å². The first-order valence-electron chi connectivity index (χ1n) is 8.76. The van der Waals surface area contributed by atoms with E-state index in [1.165, 1.54) is 18.5 Å². The first-order chi connectivity index (χ1) is 12.7. The molecule has 27 heavy (non-hydrogen) atoms. The zero-order valence-corrected chi connectivity index (χ0v) is 15.8. The first kappa shape index (κ1) is 18.8. The van der Waals surface area contributed by atoms with Gasteiger partial charge in [-0.1, -0.05) is 0 Å². The van der Waals surface area contributed by atoms with E-state index in [2.05, 4.69) is 9.67 Å². The Morgan fingerprint density at radius 1 is 1.26 bits per heavy atom. The molecule has 1 aliphatic rings. The van der Waals surface area contributed by atoms with Crippen LogP contribution in [0.4, 0.5) is 5.69 Å². The van der Waals surface area contributed by atoms with Gasteiger partial charge in [0.2, 0.25) is 5.78 Å². The summed E-state index contributed by atoms with van der Waals surface area (Å²) in [5.41, 5.74) is 2.87. The zero-order valence-electron chi connectivity index (χ0n) is 15.8. The fraction of sp³-hybridized carbons (Fsp3) is 0.500. The van der Waals surface area contributed by atoms with Crippen molar-refractivity contribution in [2.24, 2.45) is 0 Å². The van der Waals surface area contributed by atoms with Gasteiger partial charge < -0.3 is 9.30 Å². The second-order valence-corrected chi connectivity index (χ2v) is 6.90. The Labute approximate surface area is 156 Å². The lowest BCUT2D eigenvalue weighted by Gasteiger charge is -2.08. The largest absolute Gasteiger partial charge is 0.456 e. The molecule has 3 rings (SSSR count). The second-order valence-electron chi connectivity index (χ2n) is 6.90. The van der Waals surface area contributed by atoms with Gasteiger partial charge in [0.05, 0.1) is 4.92 Å². The number of esters is 1. The number of nitro groups is 1.